The van der Waals surface area contributed by atoms with Gasteiger partial charge in [0.15, 0.2) is 5.78 Å². The van der Waals surface area contributed by atoms with E-state index in [2.05, 4.69) is 15.7 Å². The zero-order valence-corrected chi connectivity index (χ0v) is 13.9. The van der Waals surface area contributed by atoms with Crippen LogP contribution in [0, 0.1) is 11.8 Å². The van der Waals surface area contributed by atoms with Gasteiger partial charge in [-0.1, -0.05) is 23.5 Å². The molecule has 8 heteroatoms. The number of benzene rings is 1. The molecule has 0 saturated carbocycles. The second kappa shape index (κ2) is 5.89. The van der Waals surface area contributed by atoms with Crippen LogP contribution in [0.1, 0.15) is 13.3 Å². The molecule has 24 heavy (non-hydrogen) atoms. The number of hydrazine groups is 1. The SMILES string of the molecule is CC1NC2NN(c3nc4ccccc4s3)C(=O)C2C(=O)C1CCO. The van der Waals surface area contributed by atoms with Crippen molar-refractivity contribution < 1.29 is 14.7 Å². The first-order valence-corrected chi connectivity index (χ1v) is 8.78. The van der Waals surface area contributed by atoms with Gasteiger partial charge in [0.05, 0.1) is 16.4 Å². The van der Waals surface area contributed by atoms with Crippen LogP contribution in [0.15, 0.2) is 24.3 Å². The van der Waals surface area contributed by atoms with E-state index in [1.54, 1.807) is 0 Å². The lowest BCUT2D eigenvalue weighted by atomic mass is 9.80. The van der Waals surface area contributed by atoms with Crippen molar-refractivity contribution in [1.82, 2.24) is 15.7 Å². The first-order chi connectivity index (χ1) is 11.6. The molecule has 4 rings (SSSR count). The summed E-state index contributed by atoms with van der Waals surface area (Å²) in [5.41, 5.74) is 3.91. The van der Waals surface area contributed by atoms with E-state index in [0.717, 1.165) is 10.2 Å². The number of para-hydroxylation sites is 1. The zero-order valence-electron chi connectivity index (χ0n) is 13.1. The molecule has 2 aromatic rings. The Hall–Kier alpha value is -1.87. The second-order valence-corrected chi connectivity index (χ2v) is 7.21. The van der Waals surface area contributed by atoms with Crippen molar-refractivity contribution in [2.24, 2.45) is 11.8 Å². The van der Waals surface area contributed by atoms with Crippen molar-refractivity contribution in [1.29, 1.82) is 0 Å². The van der Waals surface area contributed by atoms with Crippen LogP contribution in [0.2, 0.25) is 0 Å². The Kier molecular flexibility index (Phi) is 3.84. The summed E-state index contributed by atoms with van der Waals surface area (Å²) in [5.74, 6) is -1.52. The van der Waals surface area contributed by atoms with Gasteiger partial charge in [0, 0.05) is 18.6 Å². The molecule has 2 fully saturated rings. The Bertz CT molecular complexity index is 774. The van der Waals surface area contributed by atoms with Crippen LogP contribution < -0.4 is 15.8 Å². The lowest BCUT2D eigenvalue weighted by molar-refractivity contribution is -0.137. The number of aliphatic hydroxyl groups is 1. The number of piperidine rings is 1. The third kappa shape index (κ3) is 2.34. The van der Waals surface area contributed by atoms with E-state index in [4.69, 9.17) is 0 Å². The van der Waals surface area contributed by atoms with Crippen LogP contribution in [0.5, 0.6) is 0 Å². The van der Waals surface area contributed by atoms with Crippen molar-refractivity contribution in [3.05, 3.63) is 24.3 Å². The molecule has 3 heterocycles. The number of ketones is 1. The molecule has 2 aliphatic rings. The van der Waals surface area contributed by atoms with Gasteiger partial charge in [-0.15, -0.1) is 0 Å². The fourth-order valence-corrected chi connectivity index (χ4v) is 4.43. The third-order valence-electron chi connectivity index (χ3n) is 4.72. The van der Waals surface area contributed by atoms with Crippen molar-refractivity contribution in [3.8, 4) is 0 Å². The number of rotatable bonds is 3. The summed E-state index contributed by atoms with van der Waals surface area (Å²) in [7, 11) is 0. The summed E-state index contributed by atoms with van der Waals surface area (Å²) in [6.07, 6.45) is -0.0630. The summed E-state index contributed by atoms with van der Waals surface area (Å²) in [5, 5.41) is 14.4. The molecular formula is C16H18N4O3S. The van der Waals surface area contributed by atoms with E-state index >= 15 is 0 Å². The Labute approximate surface area is 142 Å². The van der Waals surface area contributed by atoms with Gasteiger partial charge in [-0.3, -0.25) is 14.9 Å². The average molecular weight is 346 g/mol. The van der Waals surface area contributed by atoms with Crippen LogP contribution in [0.3, 0.4) is 0 Å². The average Bonchev–Trinajstić information content (AvgIpc) is 3.12. The number of aliphatic hydroxyl groups excluding tert-OH is 1. The van der Waals surface area contributed by atoms with Crippen LogP contribution >= 0.6 is 11.3 Å². The van der Waals surface area contributed by atoms with Gasteiger partial charge in [-0.25, -0.2) is 15.4 Å². The van der Waals surface area contributed by atoms with Gasteiger partial charge in [0.25, 0.3) is 5.91 Å². The molecule has 2 saturated heterocycles. The number of anilines is 1. The highest BCUT2D eigenvalue weighted by Gasteiger charge is 2.52. The second-order valence-electron chi connectivity index (χ2n) is 6.20. The summed E-state index contributed by atoms with van der Waals surface area (Å²) in [6.45, 7) is 1.84. The van der Waals surface area contributed by atoms with Gasteiger partial charge in [0.1, 0.15) is 5.92 Å². The van der Waals surface area contributed by atoms with Crippen molar-refractivity contribution in [3.63, 3.8) is 0 Å². The van der Waals surface area contributed by atoms with Gasteiger partial charge >= 0.3 is 0 Å². The number of nitrogens with zero attached hydrogens (tertiary/aromatic N) is 2. The smallest absolute Gasteiger partial charge is 0.257 e. The zero-order chi connectivity index (χ0) is 16.8. The first-order valence-electron chi connectivity index (χ1n) is 7.96. The standard InChI is InChI=1S/C16H18N4O3S/c1-8-9(6-7-21)13(22)12-14(17-8)19-20(15(12)23)16-18-10-4-2-3-5-11(10)24-16/h2-5,8-9,12,14,17,19,21H,6-7H2,1H3. The van der Waals surface area contributed by atoms with E-state index in [-0.39, 0.29) is 30.3 Å². The number of fused-ring (bicyclic) bond motifs is 2. The predicted octanol–water partition coefficient (Wildman–Crippen LogP) is 0.649. The van der Waals surface area contributed by atoms with Gasteiger partial charge < -0.3 is 5.11 Å². The first kappa shape index (κ1) is 15.6. The largest absolute Gasteiger partial charge is 0.396 e. The summed E-state index contributed by atoms with van der Waals surface area (Å²) in [6, 6.07) is 7.58. The fourth-order valence-electron chi connectivity index (χ4n) is 3.49. The summed E-state index contributed by atoms with van der Waals surface area (Å²) >= 11 is 1.41. The number of thiazole rings is 1. The Balaban J connectivity index is 1.64. The van der Waals surface area contributed by atoms with E-state index < -0.39 is 12.1 Å². The summed E-state index contributed by atoms with van der Waals surface area (Å²) < 4.78 is 0.989. The van der Waals surface area contributed by atoms with Crippen molar-refractivity contribution in [2.75, 3.05) is 11.6 Å². The maximum atomic E-state index is 12.8. The minimum atomic E-state index is -0.773. The number of hydrogen-bond donors (Lipinski definition) is 3. The topological polar surface area (TPSA) is 94.6 Å². The molecule has 2 aliphatic heterocycles. The highest BCUT2D eigenvalue weighted by Crippen LogP contribution is 2.34. The molecule has 4 atom stereocenters. The minimum Gasteiger partial charge on any atom is -0.396 e. The van der Waals surface area contributed by atoms with E-state index in [9.17, 15) is 14.7 Å². The molecule has 1 amide bonds. The van der Waals surface area contributed by atoms with Crippen LogP contribution in [-0.2, 0) is 9.59 Å². The number of Topliss-reactive ketones (excluding diaryl/α,β-unsaturated/α-hetero) is 1. The van der Waals surface area contributed by atoms with Crippen molar-refractivity contribution >= 4 is 38.4 Å². The molecule has 1 aromatic carbocycles. The molecule has 0 spiro atoms. The molecule has 3 N–H and O–H groups in total. The van der Waals surface area contributed by atoms with Crippen LogP contribution in [0.25, 0.3) is 10.2 Å². The molecule has 1 aromatic heterocycles. The number of amides is 1. The van der Waals surface area contributed by atoms with Crippen LogP contribution in [-0.4, -0.2) is 40.6 Å². The maximum absolute atomic E-state index is 12.8. The van der Waals surface area contributed by atoms with E-state index in [1.165, 1.54) is 16.3 Å². The lowest BCUT2D eigenvalue weighted by Gasteiger charge is -2.34. The highest BCUT2D eigenvalue weighted by atomic mass is 32.1. The quantitative estimate of drug-likeness (QED) is 0.707. The molecule has 0 radical (unpaired) electrons. The number of hydrogen-bond acceptors (Lipinski definition) is 7. The Morgan fingerprint density at radius 1 is 1.33 bits per heavy atom. The lowest BCUT2D eigenvalue weighted by Crippen LogP contribution is -2.59. The molecule has 0 bridgehead atoms. The van der Waals surface area contributed by atoms with E-state index in [0.29, 0.717) is 11.6 Å². The molecule has 7 nitrogen and oxygen atoms in total. The molecule has 4 unspecified atom stereocenters. The number of nitrogens with one attached hydrogen (secondary N) is 2. The molecular weight excluding hydrogens is 328 g/mol. The number of carbonyl (C=O) groups excluding carboxylic acids is 2. The maximum Gasteiger partial charge on any atom is 0.257 e. The number of carbonyl (C=O) groups is 2. The normalized spacial score (nSPS) is 30.2. The Morgan fingerprint density at radius 3 is 2.88 bits per heavy atom. The number of aromatic nitrogens is 1. The summed E-state index contributed by atoms with van der Waals surface area (Å²) in [4.78, 5) is 30.0. The van der Waals surface area contributed by atoms with E-state index in [1.807, 2.05) is 31.2 Å². The van der Waals surface area contributed by atoms with Gasteiger partial charge in [0.2, 0.25) is 5.13 Å². The highest BCUT2D eigenvalue weighted by molar-refractivity contribution is 7.22. The van der Waals surface area contributed by atoms with Gasteiger partial charge in [-0.05, 0) is 25.5 Å². The van der Waals surface area contributed by atoms with Gasteiger partial charge in [-0.2, -0.15) is 0 Å². The predicted molar refractivity (Wildman–Crippen MR) is 90.3 cm³/mol. The fraction of sp³-hybridized carbons (Fsp3) is 0.438. The monoisotopic (exact) mass is 346 g/mol. The molecule has 0 aliphatic carbocycles. The molecule has 126 valence electrons. The third-order valence-corrected chi connectivity index (χ3v) is 5.74. The van der Waals surface area contributed by atoms with Crippen LogP contribution in [0.4, 0.5) is 5.13 Å². The minimum absolute atomic E-state index is 0.0665. The Morgan fingerprint density at radius 2 is 2.12 bits per heavy atom. The van der Waals surface area contributed by atoms with Crippen molar-refractivity contribution in [2.45, 2.75) is 25.6 Å².